The van der Waals surface area contributed by atoms with Crippen molar-refractivity contribution in [2.24, 2.45) is 0 Å². The number of ketones is 1. The predicted molar refractivity (Wildman–Crippen MR) is 110 cm³/mol. The van der Waals surface area contributed by atoms with E-state index in [1.165, 1.54) is 23.1 Å². The lowest BCUT2D eigenvalue weighted by Crippen LogP contribution is -2.40. The Kier molecular flexibility index (Phi) is 5.15. The molecule has 8 heteroatoms. The Morgan fingerprint density at radius 3 is 2.52 bits per heavy atom. The molecule has 148 valence electrons. The van der Waals surface area contributed by atoms with E-state index >= 15 is 0 Å². The predicted octanol–water partition coefficient (Wildman–Crippen LogP) is 5.43. The highest BCUT2D eigenvalue weighted by molar-refractivity contribution is 6.34. The van der Waals surface area contributed by atoms with Gasteiger partial charge >= 0.3 is 0 Å². The molecule has 0 spiro atoms. The van der Waals surface area contributed by atoms with Crippen LogP contribution in [0.3, 0.4) is 0 Å². The largest absolute Gasteiger partial charge is 0.294 e. The summed E-state index contributed by atoms with van der Waals surface area (Å²) in [4.78, 5) is 38.1. The summed E-state index contributed by atoms with van der Waals surface area (Å²) < 4.78 is 0. The van der Waals surface area contributed by atoms with Crippen molar-refractivity contribution in [3.05, 3.63) is 79.5 Å². The molecule has 1 unspecified atom stereocenters. The van der Waals surface area contributed by atoms with E-state index in [9.17, 15) is 19.7 Å². The number of nitro benzene ring substituents is 1. The molecular weight excluding hydrogens is 415 g/mol. The maximum Gasteiger partial charge on any atom is 0.271 e. The number of carbonyl (C=O) groups is 2. The van der Waals surface area contributed by atoms with Crippen LogP contribution in [-0.2, 0) is 9.59 Å². The first-order chi connectivity index (χ1) is 13.9. The molecule has 0 saturated heterocycles. The molecule has 0 saturated carbocycles. The minimum Gasteiger partial charge on any atom is -0.294 e. The Morgan fingerprint density at radius 1 is 1.03 bits per heavy atom. The van der Waals surface area contributed by atoms with Gasteiger partial charge in [-0.25, -0.2) is 0 Å². The van der Waals surface area contributed by atoms with Gasteiger partial charge in [-0.3, -0.25) is 24.6 Å². The fourth-order valence-corrected chi connectivity index (χ4v) is 4.55. The van der Waals surface area contributed by atoms with Crippen LogP contribution in [0.5, 0.6) is 0 Å². The van der Waals surface area contributed by atoms with Crippen LogP contribution in [0.1, 0.15) is 37.2 Å². The minimum absolute atomic E-state index is 0.0322. The molecular formula is C21H16Cl2N2O4. The summed E-state index contributed by atoms with van der Waals surface area (Å²) in [7, 11) is 0. The maximum absolute atomic E-state index is 13.2. The molecule has 1 atom stereocenters. The summed E-state index contributed by atoms with van der Waals surface area (Å²) in [6.07, 6.45) is 1.54. The van der Waals surface area contributed by atoms with Crippen molar-refractivity contribution < 1.29 is 14.5 Å². The summed E-state index contributed by atoms with van der Waals surface area (Å²) in [6.45, 7) is 0. The first-order valence-electron chi connectivity index (χ1n) is 9.16. The molecule has 1 aliphatic heterocycles. The number of benzene rings is 2. The van der Waals surface area contributed by atoms with Crippen LogP contribution in [0.2, 0.25) is 10.0 Å². The standard InChI is InChI=1S/C21H16Cl2N2O4/c22-15-5-2-1-4-13(15)14-11-20(27)24(17-6-3-7-19(26)21(14)17)18-10-12(25(28)29)8-9-16(18)23/h1-2,4-5,8-10,14H,3,6-7,11H2. The van der Waals surface area contributed by atoms with Crippen LogP contribution in [0.4, 0.5) is 11.4 Å². The number of allylic oxidation sites excluding steroid dienone is 2. The fraction of sp³-hybridized carbons (Fsp3) is 0.238. The van der Waals surface area contributed by atoms with Gasteiger partial charge in [-0.2, -0.15) is 0 Å². The average molecular weight is 431 g/mol. The second-order valence-corrected chi connectivity index (χ2v) is 7.85. The van der Waals surface area contributed by atoms with Gasteiger partial charge < -0.3 is 0 Å². The molecule has 6 nitrogen and oxygen atoms in total. The molecule has 2 aliphatic rings. The number of hydrogen-bond acceptors (Lipinski definition) is 4. The van der Waals surface area contributed by atoms with Crippen molar-refractivity contribution in [1.82, 2.24) is 0 Å². The fourth-order valence-electron chi connectivity index (χ4n) is 4.08. The van der Waals surface area contributed by atoms with Gasteiger partial charge in [0.1, 0.15) is 0 Å². The summed E-state index contributed by atoms with van der Waals surface area (Å²) in [5, 5.41) is 11.9. The molecule has 0 aromatic heterocycles. The van der Waals surface area contributed by atoms with Crippen molar-refractivity contribution in [3.63, 3.8) is 0 Å². The van der Waals surface area contributed by atoms with Crippen molar-refractivity contribution in [2.75, 3.05) is 4.90 Å². The first kappa shape index (κ1) is 19.6. The Labute approximate surface area is 176 Å². The van der Waals surface area contributed by atoms with E-state index in [4.69, 9.17) is 23.2 Å². The molecule has 0 radical (unpaired) electrons. The van der Waals surface area contributed by atoms with E-state index in [1.807, 2.05) is 12.1 Å². The van der Waals surface area contributed by atoms with Crippen molar-refractivity contribution in [3.8, 4) is 0 Å². The molecule has 1 heterocycles. The van der Waals surface area contributed by atoms with Gasteiger partial charge in [-0.05, 0) is 30.5 Å². The summed E-state index contributed by atoms with van der Waals surface area (Å²) in [6, 6.07) is 11.1. The normalized spacial score (nSPS) is 19.4. The smallest absolute Gasteiger partial charge is 0.271 e. The van der Waals surface area contributed by atoms with E-state index in [0.717, 1.165) is 5.56 Å². The third-order valence-corrected chi connectivity index (χ3v) is 6.00. The van der Waals surface area contributed by atoms with Crippen LogP contribution in [0.15, 0.2) is 53.7 Å². The Balaban J connectivity index is 1.91. The van der Waals surface area contributed by atoms with E-state index in [2.05, 4.69) is 0 Å². The SMILES string of the molecule is O=C1CCCC2=C1C(c1ccccc1Cl)CC(=O)N2c1cc([N+](=O)[O-])ccc1Cl. The van der Waals surface area contributed by atoms with Gasteiger partial charge in [-0.1, -0.05) is 41.4 Å². The van der Waals surface area contributed by atoms with Gasteiger partial charge in [0.05, 0.1) is 15.6 Å². The summed E-state index contributed by atoms with van der Waals surface area (Å²) in [5.41, 5.74) is 1.90. The van der Waals surface area contributed by atoms with Crippen molar-refractivity contribution in [1.29, 1.82) is 0 Å². The molecule has 0 fully saturated rings. The van der Waals surface area contributed by atoms with E-state index in [1.54, 1.807) is 12.1 Å². The van der Waals surface area contributed by atoms with Gasteiger partial charge in [0.15, 0.2) is 5.78 Å². The monoisotopic (exact) mass is 430 g/mol. The number of nitro groups is 1. The Bertz CT molecular complexity index is 1080. The zero-order valence-corrected chi connectivity index (χ0v) is 16.7. The molecule has 1 amide bonds. The second kappa shape index (κ2) is 7.61. The van der Waals surface area contributed by atoms with Crippen LogP contribution >= 0.6 is 23.2 Å². The van der Waals surface area contributed by atoms with Crippen LogP contribution in [0.25, 0.3) is 0 Å². The third kappa shape index (κ3) is 3.43. The molecule has 2 aromatic rings. The van der Waals surface area contributed by atoms with Crippen molar-refractivity contribution >= 4 is 46.3 Å². The molecule has 29 heavy (non-hydrogen) atoms. The number of hydrogen-bond donors (Lipinski definition) is 0. The quantitative estimate of drug-likeness (QED) is 0.480. The van der Waals surface area contributed by atoms with E-state index in [-0.39, 0.29) is 34.5 Å². The number of halogens is 2. The average Bonchev–Trinajstić information content (AvgIpc) is 2.68. The first-order valence-corrected chi connectivity index (χ1v) is 9.91. The second-order valence-electron chi connectivity index (χ2n) is 7.04. The number of non-ortho nitro benzene ring substituents is 1. The number of amides is 1. The van der Waals surface area contributed by atoms with Crippen LogP contribution < -0.4 is 4.90 Å². The number of Topliss-reactive ketones (excluding diaryl/α,β-unsaturated/α-hetero) is 1. The van der Waals surface area contributed by atoms with E-state index in [0.29, 0.717) is 35.6 Å². The highest BCUT2D eigenvalue weighted by atomic mass is 35.5. The molecule has 0 N–H and O–H groups in total. The Morgan fingerprint density at radius 2 is 1.79 bits per heavy atom. The number of rotatable bonds is 3. The van der Waals surface area contributed by atoms with Gasteiger partial charge in [0, 0.05) is 47.2 Å². The minimum atomic E-state index is -0.540. The zero-order chi connectivity index (χ0) is 20.7. The topological polar surface area (TPSA) is 80.5 Å². The highest BCUT2D eigenvalue weighted by Crippen LogP contribution is 2.46. The number of carbonyl (C=O) groups excluding carboxylic acids is 2. The van der Waals surface area contributed by atoms with Gasteiger partial charge in [0.25, 0.3) is 5.69 Å². The summed E-state index contributed by atoms with van der Waals surface area (Å²) >= 11 is 12.7. The van der Waals surface area contributed by atoms with E-state index < -0.39 is 10.8 Å². The number of nitrogens with zero attached hydrogens (tertiary/aromatic N) is 2. The molecule has 2 aromatic carbocycles. The highest BCUT2D eigenvalue weighted by Gasteiger charge is 2.41. The molecule has 0 bridgehead atoms. The van der Waals surface area contributed by atoms with Gasteiger partial charge in [-0.15, -0.1) is 0 Å². The maximum atomic E-state index is 13.2. The third-order valence-electron chi connectivity index (χ3n) is 5.34. The zero-order valence-electron chi connectivity index (χ0n) is 15.2. The lowest BCUT2D eigenvalue weighted by molar-refractivity contribution is -0.384. The summed E-state index contributed by atoms with van der Waals surface area (Å²) in [5.74, 6) is -0.742. The van der Waals surface area contributed by atoms with Gasteiger partial charge in [0.2, 0.25) is 5.91 Å². The molecule has 4 rings (SSSR count). The van der Waals surface area contributed by atoms with Crippen molar-refractivity contribution in [2.45, 2.75) is 31.6 Å². The number of anilines is 1. The lowest BCUT2D eigenvalue weighted by atomic mass is 9.77. The van der Waals surface area contributed by atoms with Crippen LogP contribution in [0, 0.1) is 10.1 Å². The Hall–Kier alpha value is -2.70. The molecule has 1 aliphatic carbocycles. The van der Waals surface area contributed by atoms with Crippen LogP contribution in [-0.4, -0.2) is 16.6 Å². The lowest BCUT2D eigenvalue weighted by Gasteiger charge is -2.38.